The quantitative estimate of drug-likeness (QED) is 0.710. The first-order valence-electron chi connectivity index (χ1n) is 7.62. The van der Waals surface area contributed by atoms with Gasteiger partial charge in [-0.1, -0.05) is 29.4 Å². The van der Waals surface area contributed by atoms with E-state index in [0.717, 1.165) is 17.2 Å². The molecule has 0 atom stereocenters. The minimum absolute atomic E-state index is 0.0382. The molecule has 26 heavy (non-hydrogen) atoms. The Kier molecular flexibility index (Phi) is 5.01. The molecule has 0 radical (unpaired) electrons. The molecular formula is C17H16FN3O4S. The smallest absolute Gasteiger partial charge is 0.242 e. The van der Waals surface area contributed by atoms with Gasteiger partial charge in [0.25, 0.3) is 0 Å². The van der Waals surface area contributed by atoms with Crippen LogP contribution in [-0.2, 0) is 16.6 Å². The topological polar surface area (TPSA) is 94.3 Å². The number of aryl methyl sites for hydroxylation is 1. The van der Waals surface area contributed by atoms with Gasteiger partial charge in [0.2, 0.25) is 21.7 Å². The van der Waals surface area contributed by atoms with E-state index in [0.29, 0.717) is 5.82 Å². The summed E-state index contributed by atoms with van der Waals surface area (Å²) in [5.41, 5.74) is 1.76. The maximum Gasteiger partial charge on any atom is 0.242 e. The lowest BCUT2D eigenvalue weighted by atomic mass is 10.1. The van der Waals surface area contributed by atoms with E-state index in [4.69, 9.17) is 9.26 Å². The van der Waals surface area contributed by atoms with Gasteiger partial charge in [-0.2, -0.15) is 4.98 Å². The molecule has 0 aliphatic carbocycles. The Balaban J connectivity index is 1.75. The van der Waals surface area contributed by atoms with E-state index in [1.54, 1.807) is 0 Å². The molecular weight excluding hydrogens is 361 g/mol. The Hall–Kier alpha value is -2.78. The van der Waals surface area contributed by atoms with Crippen molar-refractivity contribution in [3.05, 3.63) is 59.7 Å². The second-order valence-corrected chi connectivity index (χ2v) is 7.21. The van der Waals surface area contributed by atoms with E-state index in [9.17, 15) is 12.8 Å². The van der Waals surface area contributed by atoms with Crippen molar-refractivity contribution in [2.45, 2.75) is 18.4 Å². The number of benzene rings is 2. The number of sulfonamides is 1. The largest absolute Gasteiger partial charge is 0.494 e. The fourth-order valence-corrected chi connectivity index (χ4v) is 3.30. The summed E-state index contributed by atoms with van der Waals surface area (Å²) < 4.78 is 50.4. The average molecular weight is 377 g/mol. The van der Waals surface area contributed by atoms with E-state index in [-0.39, 0.29) is 23.1 Å². The standard InChI is InChI=1S/C17H16FN3O4S/c1-11-5-3-4-6-13(11)17-20-16(25-21-17)10-19-26(22,23)12-7-8-15(24-2)14(18)9-12/h3-9,19H,10H2,1-2H3. The Labute approximate surface area is 149 Å². The highest BCUT2D eigenvalue weighted by molar-refractivity contribution is 7.89. The highest BCUT2D eigenvalue weighted by Gasteiger charge is 2.18. The lowest BCUT2D eigenvalue weighted by Crippen LogP contribution is -2.23. The molecule has 3 aromatic rings. The third-order valence-electron chi connectivity index (χ3n) is 3.70. The molecule has 0 bridgehead atoms. The van der Waals surface area contributed by atoms with Crippen molar-refractivity contribution < 1.29 is 22.1 Å². The highest BCUT2D eigenvalue weighted by Crippen LogP contribution is 2.22. The predicted octanol–water partition coefficient (Wildman–Crippen LogP) is 2.67. The summed E-state index contributed by atoms with van der Waals surface area (Å²) in [7, 11) is -2.64. The van der Waals surface area contributed by atoms with E-state index in [1.807, 2.05) is 31.2 Å². The van der Waals surface area contributed by atoms with Crippen LogP contribution in [0.25, 0.3) is 11.4 Å². The van der Waals surface area contributed by atoms with Gasteiger partial charge in [-0.05, 0) is 30.7 Å². The number of hydrogen-bond donors (Lipinski definition) is 1. The third-order valence-corrected chi connectivity index (χ3v) is 5.10. The molecule has 1 aromatic heterocycles. The van der Waals surface area contributed by atoms with E-state index >= 15 is 0 Å². The van der Waals surface area contributed by atoms with Gasteiger partial charge in [-0.15, -0.1) is 0 Å². The molecule has 2 aromatic carbocycles. The van der Waals surface area contributed by atoms with Gasteiger partial charge in [0.1, 0.15) is 0 Å². The summed E-state index contributed by atoms with van der Waals surface area (Å²) >= 11 is 0. The Bertz CT molecular complexity index is 1030. The highest BCUT2D eigenvalue weighted by atomic mass is 32.2. The summed E-state index contributed by atoms with van der Waals surface area (Å²) in [4.78, 5) is 3.96. The number of methoxy groups -OCH3 is 1. The summed E-state index contributed by atoms with van der Waals surface area (Å²) in [5.74, 6) is -0.340. The molecule has 0 fully saturated rings. The maximum absolute atomic E-state index is 13.7. The van der Waals surface area contributed by atoms with Gasteiger partial charge >= 0.3 is 0 Å². The van der Waals surface area contributed by atoms with Crippen LogP contribution in [0.3, 0.4) is 0 Å². The number of halogens is 1. The molecule has 9 heteroatoms. The molecule has 0 saturated heterocycles. The van der Waals surface area contributed by atoms with Gasteiger partial charge in [0, 0.05) is 5.56 Å². The van der Waals surface area contributed by atoms with Gasteiger partial charge < -0.3 is 9.26 Å². The molecule has 0 spiro atoms. The zero-order chi connectivity index (χ0) is 18.7. The molecule has 1 heterocycles. The van der Waals surface area contributed by atoms with Crippen LogP contribution in [0.2, 0.25) is 0 Å². The molecule has 3 rings (SSSR count). The number of nitrogens with one attached hydrogen (secondary N) is 1. The normalized spacial score (nSPS) is 11.5. The fourth-order valence-electron chi connectivity index (χ4n) is 2.31. The maximum atomic E-state index is 13.7. The van der Waals surface area contributed by atoms with Crippen molar-refractivity contribution in [3.63, 3.8) is 0 Å². The number of aromatic nitrogens is 2. The molecule has 0 aliphatic heterocycles. The van der Waals surface area contributed by atoms with Crippen molar-refractivity contribution in [1.82, 2.24) is 14.9 Å². The lowest BCUT2D eigenvalue weighted by molar-refractivity contribution is 0.375. The van der Waals surface area contributed by atoms with Crippen LogP contribution in [0.5, 0.6) is 5.75 Å². The van der Waals surface area contributed by atoms with Crippen LogP contribution in [0, 0.1) is 12.7 Å². The fraction of sp³-hybridized carbons (Fsp3) is 0.176. The van der Waals surface area contributed by atoms with Crippen molar-refractivity contribution in [3.8, 4) is 17.1 Å². The second kappa shape index (κ2) is 7.22. The first-order valence-corrected chi connectivity index (χ1v) is 9.11. The predicted molar refractivity (Wildman–Crippen MR) is 91.4 cm³/mol. The van der Waals surface area contributed by atoms with Crippen molar-refractivity contribution >= 4 is 10.0 Å². The molecule has 0 saturated carbocycles. The van der Waals surface area contributed by atoms with Gasteiger partial charge in [-0.25, -0.2) is 17.5 Å². The number of ether oxygens (including phenoxy) is 1. The number of rotatable bonds is 6. The van der Waals surface area contributed by atoms with Crippen LogP contribution in [-0.4, -0.2) is 25.7 Å². The number of nitrogens with zero attached hydrogens (tertiary/aromatic N) is 2. The molecule has 0 amide bonds. The monoisotopic (exact) mass is 377 g/mol. The molecule has 0 unspecified atom stereocenters. The summed E-state index contributed by atoms with van der Waals surface area (Å²) in [5, 5.41) is 3.86. The zero-order valence-electron chi connectivity index (χ0n) is 14.1. The average Bonchev–Trinajstić information content (AvgIpc) is 3.09. The first kappa shape index (κ1) is 18.0. The van der Waals surface area contributed by atoms with Crippen LogP contribution >= 0.6 is 0 Å². The SMILES string of the molecule is COc1ccc(S(=O)(=O)NCc2nc(-c3ccccc3C)no2)cc1F. The van der Waals surface area contributed by atoms with Crippen LogP contribution < -0.4 is 9.46 Å². The third kappa shape index (κ3) is 3.73. The summed E-state index contributed by atoms with van der Waals surface area (Å²) in [6, 6.07) is 10.9. The van der Waals surface area contributed by atoms with E-state index < -0.39 is 15.8 Å². The van der Waals surface area contributed by atoms with Crippen LogP contribution in [0.1, 0.15) is 11.5 Å². The Morgan fingerprint density at radius 2 is 2.00 bits per heavy atom. The van der Waals surface area contributed by atoms with Crippen LogP contribution in [0.4, 0.5) is 4.39 Å². The lowest BCUT2D eigenvalue weighted by Gasteiger charge is -2.06. The van der Waals surface area contributed by atoms with Crippen molar-refractivity contribution in [2.75, 3.05) is 7.11 Å². The van der Waals surface area contributed by atoms with Gasteiger partial charge in [0.05, 0.1) is 18.6 Å². The minimum Gasteiger partial charge on any atom is -0.494 e. The van der Waals surface area contributed by atoms with Crippen molar-refractivity contribution in [1.29, 1.82) is 0 Å². The summed E-state index contributed by atoms with van der Waals surface area (Å²) in [6.07, 6.45) is 0. The van der Waals surface area contributed by atoms with Crippen LogP contribution in [0.15, 0.2) is 51.9 Å². The minimum atomic E-state index is -3.94. The molecule has 0 aliphatic rings. The van der Waals surface area contributed by atoms with E-state index in [2.05, 4.69) is 14.9 Å². The summed E-state index contributed by atoms with van der Waals surface area (Å²) in [6.45, 7) is 1.70. The second-order valence-electron chi connectivity index (χ2n) is 5.45. The Morgan fingerprint density at radius 1 is 1.23 bits per heavy atom. The molecule has 136 valence electrons. The zero-order valence-corrected chi connectivity index (χ0v) is 14.9. The first-order chi connectivity index (χ1) is 12.4. The molecule has 1 N–H and O–H groups in total. The van der Waals surface area contributed by atoms with Gasteiger partial charge in [-0.3, -0.25) is 0 Å². The Morgan fingerprint density at radius 3 is 2.69 bits per heavy atom. The molecule has 7 nitrogen and oxygen atoms in total. The van der Waals surface area contributed by atoms with E-state index in [1.165, 1.54) is 19.2 Å². The number of hydrogen-bond acceptors (Lipinski definition) is 6. The van der Waals surface area contributed by atoms with Crippen molar-refractivity contribution in [2.24, 2.45) is 0 Å². The van der Waals surface area contributed by atoms with Gasteiger partial charge in [0.15, 0.2) is 11.6 Å².